The van der Waals surface area contributed by atoms with Gasteiger partial charge in [-0.05, 0) is 61.3 Å². The van der Waals surface area contributed by atoms with Crippen molar-refractivity contribution in [3.05, 3.63) is 34.1 Å². The topological polar surface area (TPSA) is 0 Å². The van der Waals surface area contributed by atoms with Gasteiger partial charge in [0.15, 0.2) is 0 Å². The molecule has 0 radical (unpaired) electrons. The van der Waals surface area contributed by atoms with Crippen LogP contribution in [0.3, 0.4) is 0 Å². The monoisotopic (exact) mass is 318 g/mol. The predicted molar refractivity (Wildman–Crippen MR) is 74.0 cm³/mol. The SMILES string of the molecule is CC1CCC(Cl)C(Cc2cc(F)cc(Br)c2)C1. The maximum absolute atomic E-state index is 13.3. The molecule has 0 aromatic heterocycles. The lowest BCUT2D eigenvalue weighted by Crippen LogP contribution is -2.26. The summed E-state index contributed by atoms with van der Waals surface area (Å²) in [6, 6.07) is 5.10. The molecule has 3 unspecified atom stereocenters. The molecule has 0 saturated heterocycles. The molecule has 1 aromatic rings. The standard InChI is InChI=1S/C14H17BrClF/c1-9-2-3-14(16)11(4-9)5-10-6-12(15)8-13(17)7-10/h6-9,11,14H,2-5H2,1H3. The van der Waals surface area contributed by atoms with Crippen LogP contribution in [0.2, 0.25) is 0 Å². The second kappa shape index (κ2) is 5.71. The molecule has 94 valence electrons. The van der Waals surface area contributed by atoms with Crippen LogP contribution in [0.15, 0.2) is 22.7 Å². The van der Waals surface area contributed by atoms with Gasteiger partial charge in [0.1, 0.15) is 5.82 Å². The van der Waals surface area contributed by atoms with E-state index >= 15 is 0 Å². The molecule has 1 aromatic carbocycles. The Morgan fingerprint density at radius 3 is 2.82 bits per heavy atom. The van der Waals surface area contributed by atoms with Crippen LogP contribution < -0.4 is 0 Å². The number of rotatable bonds is 2. The summed E-state index contributed by atoms with van der Waals surface area (Å²) in [6.07, 6.45) is 4.35. The van der Waals surface area contributed by atoms with E-state index in [-0.39, 0.29) is 11.2 Å². The summed E-state index contributed by atoms with van der Waals surface area (Å²) >= 11 is 9.70. The summed E-state index contributed by atoms with van der Waals surface area (Å²) in [5.41, 5.74) is 1.04. The highest BCUT2D eigenvalue weighted by Gasteiger charge is 2.27. The molecular formula is C14H17BrClF. The quantitative estimate of drug-likeness (QED) is 0.659. The average Bonchev–Trinajstić information content (AvgIpc) is 2.22. The molecule has 17 heavy (non-hydrogen) atoms. The molecule has 1 saturated carbocycles. The largest absolute Gasteiger partial charge is 0.207 e. The first-order chi connectivity index (χ1) is 8.04. The zero-order chi connectivity index (χ0) is 12.4. The molecule has 1 aliphatic carbocycles. The maximum atomic E-state index is 13.3. The van der Waals surface area contributed by atoms with Gasteiger partial charge in [-0.3, -0.25) is 0 Å². The maximum Gasteiger partial charge on any atom is 0.124 e. The molecule has 1 fully saturated rings. The summed E-state index contributed by atoms with van der Waals surface area (Å²) in [6.45, 7) is 2.28. The van der Waals surface area contributed by atoms with E-state index in [9.17, 15) is 4.39 Å². The molecule has 0 spiro atoms. The lowest BCUT2D eigenvalue weighted by Gasteiger charge is -2.31. The van der Waals surface area contributed by atoms with Crippen LogP contribution in [0.1, 0.15) is 31.7 Å². The van der Waals surface area contributed by atoms with Crippen LogP contribution in [0.4, 0.5) is 4.39 Å². The van der Waals surface area contributed by atoms with E-state index in [4.69, 9.17) is 11.6 Å². The van der Waals surface area contributed by atoms with Gasteiger partial charge in [0.25, 0.3) is 0 Å². The molecule has 0 nitrogen and oxygen atoms in total. The van der Waals surface area contributed by atoms with Gasteiger partial charge in [0.2, 0.25) is 0 Å². The molecule has 0 aliphatic heterocycles. The van der Waals surface area contributed by atoms with Crippen molar-refractivity contribution in [1.29, 1.82) is 0 Å². The molecular weight excluding hydrogens is 303 g/mol. The summed E-state index contributed by atoms with van der Waals surface area (Å²) in [5, 5.41) is 0.244. The van der Waals surface area contributed by atoms with Crippen molar-refractivity contribution in [3.63, 3.8) is 0 Å². The molecule has 0 bridgehead atoms. The first kappa shape index (κ1) is 13.4. The van der Waals surface area contributed by atoms with Crippen LogP contribution in [0, 0.1) is 17.7 Å². The van der Waals surface area contributed by atoms with Gasteiger partial charge >= 0.3 is 0 Å². The molecule has 0 amide bonds. The Hall–Kier alpha value is -0.0800. The van der Waals surface area contributed by atoms with E-state index in [2.05, 4.69) is 22.9 Å². The van der Waals surface area contributed by atoms with E-state index in [1.807, 2.05) is 6.07 Å². The normalized spacial score (nSPS) is 29.3. The Kier molecular flexibility index (Phi) is 4.48. The van der Waals surface area contributed by atoms with E-state index in [1.165, 1.54) is 12.5 Å². The van der Waals surface area contributed by atoms with Crippen LogP contribution in [0.25, 0.3) is 0 Å². The fraction of sp³-hybridized carbons (Fsp3) is 0.571. The lowest BCUT2D eigenvalue weighted by atomic mass is 9.79. The highest BCUT2D eigenvalue weighted by atomic mass is 79.9. The van der Waals surface area contributed by atoms with E-state index in [1.54, 1.807) is 6.07 Å². The third-order valence-corrected chi connectivity index (χ3v) is 4.60. The zero-order valence-corrected chi connectivity index (χ0v) is 12.3. The molecule has 0 heterocycles. The van der Waals surface area contributed by atoms with Gasteiger partial charge in [0, 0.05) is 9.85 Å². The van der Waals surface area contributed by atoms with Crippen molar-refractivity contribution in [2.45, 2.75) is 38.0 Å². The zero-order valence-electron chi connectivity index (χ0n) is 9.93. The fourth-order valence-corrected chi connectivity index (χ4v) is 3.54. The second-order valence-electron chi connectivity index (χ2n) is 5.18. The van der Waals surface area contributed by atoms with E-state index in [0.717, 1.165) is 35.2 Å². The smallest absolute Gasteiger partial charge is 0.124 e. The van der Waals surface area contributed by atoms with Crippen LogP contribution in [0.5, 0.6) is 0 Å². The van der Waals surface area contributed by atoms with Crippen LogP contribution >= 0.6 is 27.5 Å². The van der Waals surface area contributed by atoms with Crippen LogP contribution in [-0.2, 0) is 6.42 Å². The molecule has 0 N–H and O–H groups in total. The molecule has 1 aliphatic rings. The van der Waals surface area contributed by atoms with E-state index < -0.39 is 0 Å². The minimum absolute atomic E-state index is 0.177. The number of alkyl halides is 1. The highest BCUT2D eigenvalue weighted by molar-refractivity contribution is 9.10. The molecule has 2 rings (SSSR count). The van der Waals surface area contributed by atoms with Crippen molar-refractivity contribution in [1.82, 2.24) is 0 Å². The Labute approximate surface area is 116 Å². The number of hydrogen-bond donors (Lipinski definition) is 0. The van der Waals surface area contributed by atoms with Crippen molar-refractivity contribution in [2.24, 2.45) is 11.8 Å². The minimum atomic E-state index is -0.177. The summed E-state index contributed by atoms with van der Waals surface area (Å²) < 4.78 is 14.1. The van der Waals surface area contributed by atoms with Gasteiger partial charge in [-0.1, -0.05) is 22.9 Å². The van der Waals surface area contributed by atoms with Gasteiger partial charge in [-0.25, -0.2) is 4.39 Å². The minimum Gasteiger partial charge on any atom is -0.207 e. The number of benzene rings is 1. The molecule has 3 atom stereocenters. The fourth-order valence-electron chi connectivity index (χ4n) is 2.70. The Morgan fingerprint density at radius 1 is 1.35 bits per heavy atom. The predicted octanol–water partition coefficient (Wildman–Crippen LogP) is 5.17. The first-order valence-corrected chi connectivity index (χ1v) is 7.36. The third-order valence-electron chi connectivity index (χ3n) is 3.57. The van der Waals surface area contributed by atoms with Crippen molar-refractivity contribution < 1.29 is 4.39 Å². The third kappa shape index (κ3) is 3.69. The molecule has 3 heteroatoms. The number of halogens is 3. The lowest BCUT2D eigenvalue weighted by molar-refractivity contribution is 0.287. The van der Waals surface area contributed by atoms with Crippen molar-refractivity contribution in [3.8, 4) is 0 Å². The average molecular weight is 320 g/mol. The summed E-state index contributed by atoms with van der Waals surface area (Å²) in [4.78, 5) is 0. The van der Waals surface area contributed by atoms with Crippen LogP contribution in [-0.4, -0.2) is 5.38 Å². The number of hydrogen-bond acceptors (Lipinski definition) is 0. The first-order valence-electron chi connectivity index (χ1n) is 6.13. The Balaban J connectivity index is 2.08. The second-order valence-corrected chi connectivity index (χ2v) is 6.65. The van der Waals surface area contributed by atoms with E-state index in [0.29, 0.717) is 5.92 Å². The van der Waals surface area contributed by atoms with Crippen molar-refractivity contribution in [2.75, 3.05) is 0 Å². The summed E-state index contributed by atoms with van der Waals surface area (Å²) in [5.74, 6) is 1.05. The Morgan fingerprint density at radius 2 is 2.12 bits per heavy atom. The highest BCUT2D eigenvalue weighted by Crippen LogP contribution is 2.35. The van der Waals surface area contributed by atoms with Gasteiger partial charge in [-0.2, -0.15) is 0 Å². The van der Waals surface area contributed by atoms with Gasteiger partial charge in [0.05, 0.1) is 0 Å². The van der Waals surface area contributed by atoms with Crippen molar-refractivity contribution >= 4 is 27.5 Å². The van der Waals surface area contributed by atoms with Gasteiger partial charge < -0.3 is 0 Å². The Bertz CT molecular complexity index is 374. The summed E-state index contributed by atoms with van der Waals surface area (Å²) in [7, 11) is 0. The van der Waals surface area contributed by atoms with Gasteiger partial charge in [-0.15, -0.1) is 11.6 Å².